The van der Waals surface area contributed by atoms with Gasteiger partial charge in [-0.3, -0.25) is 0 Å². The quantitative estimate of drug-likeness (QED) is 0.174. The summed E-state index contributed by atoms with van der Waals surface area (Å²) in [5.74, 6) is 0. The molecule has 0 bridgehead atoms. The van der Waals surface area contributed by atoms with E-state index in [9.17, 15) is 0 Å². The van der Waals surface area contributed by atoms with Crippen LogP contribution >= 0.6 is 0 Å². The van der Waals surface area contributed by atoms with E-state index in [1.54, 1.807) is 0 Å². The van der Waals surface area contributed by atoms with Crippen molar-refractivity contribution in [2.75, 3.05) is 4.90 Å². The van der Waals surface area contributed by atoms with Crippen LogP contribution in [0, 0.1) is 0 Å². The van der Waals surface area contributed by atoms with E-state index in [1.807, 2.05) is 12.1 Å². The Morgan fingerprint density at radius 2 is 0.887 bits per heavy atom. The number of fused-ring (bicyclic) bond motifs is 6. The molecule has 2 heteroatoms. The van der Waals surface area contributed by atoms with Crippen molar-refractivity contribution in [2.24, 2.45) is 0 Å². The molecule has 0 N–H and O–H groups in total. The van der Waals surface area contributed by atoms with E-state index in [0.717, 1.165) is 50.1 Å². The van der Waals surface area contributed by atoms with Crippen LogP contribution in [0.1, 0.15) is 25.0 Å². The second-order valence-corrected chi connectivity index (χ2v) is 14.6. The molecule has 0 radical (unpaired) electrons. The second kappa shape index (κ2) is 12.3. The summed E-state index contributed by atoms with van der Waals surface area (Å²) < 4.78 is 6.39. The summed E-state index contributed by atoms with van der Waals surface area (Å²) >= 11 is 0. The van der Waals surface area contributed by atoms with Crippen LogP contribution in [-0.4, -0.2) is 0 Å². The first-order valence-electron chi connectivity index (χ1n) is 18.3. The molecule has 1 aromatic heterocycles. The van der Waals surface area contributed by atoms with Gasteiger partial charge in [-0.15, -0.1) is 0 Å². The predicted molar refractivity (Wildman–Crippen MR) is 222 cm³/mol. The standard InChI is InChI=1S/C51H37NO/c1-51(2)47-17-8-6-13-43(47)46-33-38(25-32-48(46)51)36-21-28-40(29-22-36)52(39-26-19-35(20-27-39)34-11-4-3-5-12-34)41-30-23-37(24-31-41)42-15-10-16-45-44-14-7-9-18-49(44)53-50(42)45/h3-33H,1-2H3. The molecule has 9 aromatic rings. The molecule has 252 valence electrons. The molecule has 0 unspecified atom stereocenters. The van der Waals surface area contributed by atoms with Crippen LogP contribution in [0.3, 0.4) is 0 Å². The molecule has 0 spiro atoms. The Morgan fingerprint density at radius 3 is 1.60 bits per heavy atom. The van der Waals surface area contributed by atoms with Gasteiger partial charge in [0.25, 0.3) is 0 Å². The second-order valence-electron chi connectivity index (χ2n) is 14.6. The molecule has 1 aliphatic rings. The molecule has 0 atom stereocenters. The smallest absolute Gasteiger partial charge is 0.143 e. The third kappa shape index (κ3) is 5.18. The van der Waals surface area contributed by atoms with Crippen molar-refractivity contribution in [3.05, 3.63) is 199 Å². The molecule has 1 heterocycles. The molecule has 10 rings (SSSR count). The molecular weight excluding hydrogens is 643 g/mol. The van der Waals surface area contributed by atoms with Gasteiger partial charge in [0, 0.05) is 38.8 Å². The number of rotatable bonds is 6. The van der Waals surface area contributed by atoms with Gasteiger partial charge >= 0.3 is 0 Å². The van der Waals surface area contributed by atoms with Crippen LogP contribution in [0.2, 0.25) is 0 Å². The minimum atomic E-state index is -0.000991. The van der Waals surface area contributed by atoms with Crippen molar-refractivity contribution in [3.8, 4) is 44.5 Å². The summed E-state index contributed by atoms with van der Waals surface area (Å²) in [4.78, 5) is 2.34. The van der Waals surface area contributed by atoms with Gasteiger partial charge in [0.1, 0.15) is 11.2 Å². The number of para-hydroxylation sites is 2. The Morgan fingerprint density at radius 1 is 0.377 bits per heavy atom. The molecule has 0 fully saturated rings. The highest BCUT2D eigenvalue weighted by molar-refractivity contribution is 6.09. The van der Waals surface area contributed by atoms with E-state index in [4.69, 9.17) is 4.42 Å². The zero-order valence-corrected chi connectivity index (χ0v) is 29.8. The van der Waals surface area contributed by atoms with Gasteiger partial charge in [-0.25, -0.2) is 0 Å². The zero-order valence-electron chi connectivity index (χ0n) is 29.8. The molecule has 1 aliphatic carbocycles. The van der Waals surface area contributed by atoms with Crippen LogP contribution in [0.25, 0.3) is 66.4 Å². The number of anilines is 3. The fourth-order valence-electron chi connectivity index (χ4n) is 8.35. The fraction of sp³-hybridized carbons (Fsp3) is 0.0588. The molecule has 0 saturated carbocycles. The Labute approximate surface area is 310 Å². The van der Waals surface area contributed by atoms with Crippen molar-refractivity contribution in [1.29, 1.82) is 0 Å². The number of furan rings is 1. The van der Waals surface area contributed by atoms with Gasteiger partial charge in [0.05, 0.1) is 0 Å². The minimum absolute atomic E-state index is 0.000991. The van der Waals surface area contributed by atoms with Crippen molar-refractivity contribution < 1.29 is 4.42 Å². The van der Waals surface area contributed by atoms with Gasteiger partial charge in [0.15, 0.2) is 0 Å². The van der Waals surface area contributed by atoms with Gasteiger partial charge < -0.3 is 9.32 Å². The summed E-state index contributed by atoms with van der Waals surface area (Å²) in [6.07, 6.45) is 0. The molecule has 0 saturated heterocycles. The average Bonchev–Trinajstić information content (AvgIpc) is 3.71. The Balaban J connectivity index is 1.03. The van der Waals surface area contributed by atoms with Crippen molar-refractivity contribution in [3.63, 3.8) is 0 Å². The lowest BCUT2D eigenvalue weighted by Gasteiger charge is -2.26. The highest BCUT2D eigenvalue weighted by Gasteiger charge is 2.35. The summed E-state index contributed by atoms with van der Waals surface area (Å²) in [6.45, 7) is 4.66. The number of benzene rings is 8. The van der Waals surface area contributed by atoms with Crippen LogP contribution in [0.15, 0.2) is 192 Å². The molecule has 8 aromatic carbocycles. The lowest BCUT2D eigenvalue weighted by atomic mass is 9.82. The number of hydrogen-bond donors (Lipinski definition) is 0. The average molecular weight is 680 g/mol. The Hall–Kier alpha value is -6.64. The highest BCUT2D eigenvalue weighted by atomic mass is 16.3. The van der Waals surface area contributed by atoms with E-state index >= 15 is 0 Å². The van der Waals surface area contributed by atoms with Crippen molar-refractivity contribution in [2.45, 2.75) is 19.3 Å². The number of nitrogens with zero attached hydrogens (tertiary/aromatic N) is 1. The zero-order chi connectivity index (χ0) is 35.5. The minimum Gasteiger partial charge on any atom is -0.455 e. The van der Waals surface area contributed by atoms with E-state index in [2.05, 4.69) is 195 Å². The summed E-state index contributed by atoms with van der Waals surface area (Å²) in [6, 6.07) is 67.8. The Kier molecular flexibility index (Phi) is 7.19. The molecule has 2 nitrogen and oxygen atoms in total. The lowest BCUT2D eigenvalue weighted by Crippen LogP contribution is -2.14. The third-order valence-corrected chi connectivity index (χ3v) is 11.1. The van der Waals surface area contributed by atoms with Crippen molar-refractivity contribution >= 4 is 39.0 Å². The SMILES string of the molecule is CC1(C)c2ccccc2-c2cc(-c3ccc(N(c4ccc(-c5ccccc5)cc4)c4ccc(-c5cccc6c5oc5ccccc56)cc4)cc3)ccc21. The molecule has 0 amide bonds. The highest BCUT2D eigenvalue weighted by Crippen LogP contribution is 2.49. The van der Waals surface area contributed by atoms with Gasteiger partial charge in [-0.2, -0.15) is 0 Å². The van der Waals surface area contributed by atoms with Crippen LogP contribution in [0.5, 0.6) is 0 Å². The maximum Gasteiger partial charge on any atom is 0.143 e. The van der Waals surface area contributed by atoms with E-state index in [0.29, 0.717) is 0 Å². The first kappa shape index (κ1) is 31.1. The van der Waals surface area contributed by atoms with Gasteiger partial charge in [0.2, 0.25) is 0 Å². The fourth-order valence-corrected chi connectivity index (χ4v) is 8.35. The van der Waals surface area contributed by atoms with Crippen LogP contribution in [0.4, 0.5) is 17.1 Å². The number of hydrogen-bond acceptors (Lipinski definition) is 2. The molecule has 0 aliphatic heterocycles. The molecule has 53 heavy (non-hydrogen) atoms. The summed E-state index contributed by atoms with van der Waals surface area (Å²) in [5.41, 5.74) is 17.6. The van der Waals surface area contributed by atoms with Gasteiger partial charge in [-0.1, -0.05) is 153 Å². The van der Waals surface area contributed by atoms with Crippen molar-refractivity contribution in [1.82, 2.24) is 0 Å². The van der Waals surface area contributed by atoms with Gasteiger partial charge in [-0.05, 0) is 98.6 Å². The predicted octanol–water partition coefficient (Wildman–Crippen LogP) is 14.4. The maximum absolute atomic E-state index is 6.39. The first-order chi connectivity index (χ1) is 26.0. The van der Waals surface area contributed by atoms with Crippen LogP contribution in [-0.2, 0) is 5.41 Å². The largest absolute Gasteiger partial charge is 0.455 e. The summed E-state index contributed by atoms with van der Waals surface area (Å²) in [7, 11) is 0. The Bertz CT molecular complexity index is 2770. The van der Waals surface area contributed by atoms with Crippen LogP contribution < -0.4 is 4.90 Å². The normalized spacial score (nSPS) is 12.9. The first-order valence-corrected chi connectivity index (χ1v) is 18.3. The monoisotopic (exact) mass is 679 g/mol. The molecular formula is C51H37NO. The lowest BCUT2D eigenvalue weighted by molar-refractivity contribution is 0.660. The third-order valence-electron chi connectivity index (χ3n) is 11.1. The van der Waals surface area contributed by atoms with E-state index in [-0.39, 0.29) is 5.41 Å². The maximum atomic E-state index is 6.39. The van der Waals surface area contributed by atoms with E-state index < -0.39 is 0 Å². The van der Waals surface area contributed by atoms with E-state index in [1.165, 1.54) is 44.5 Å². The topological polar surface area (TPSA) is 16.4 Å². The summed E-state index contributed by atoms with van der Waals surface area (Å²) in [5, 5.41) is 2.28.